The van der Waals surface area contributed by atoms with E-state index in [4.69, 9.17) is 14.6 Å². The number of sulfonamides is 1. The molecule has 162 valence electrons. The highest BCUT2D eigenvalue weighted by atomic mass is 32.2. The van der Waals surface area contributed by atoms with Gasteiger partial charge >= 0.3 is 12.0 Å². The summed E-state index contributed by atoms with van der Waals surface area (Å²) < 4.78 is 38.3. The SMILES string of the molecule is COc1cc(/C=C/C(=O)O)cc(S(=O)(=O)N2CCC3(CC2)NC(=O)NC3=O)c1OC. The average molecular weight is 439 g/mol. The number of carboxylic acid groups (broad SMARTS) is 1. The third-order valence-electron chi connectivity index (χ3n) is 5.09. The Hall–Kier alpha value is -3.12. The van der Waals surface area contributed by atoms with Crippen LogP contribution in [0.1, 0.15) is 18.4 Å². The third-order valence-corrected chi connectivity index (χ3v) is 7.00. The van der Waals surface area contributed by atoms with Gasteiger partial charge in [0.1, 0.15) is 10.4 Å². The molecule has 0 aliphatic carbocycles. The number of amides is 3. The predicted molar refractivity (Wildman–Crippen MR) is 104 cm³/mol. The van der Waals surface area contributed by atoms with E-state index in [0.717, 1.165) is 6.08 Å². The van der Waals surface area contributed by atoms with Crippen LogP contribution >= 0.6 is 0 Å². The van der Waals surface area contributed by atoms with Crippen LogP contribution in [-0.2, 0) is 19.6 Å². The molecule has 1 aromatic carbocycles. The second-order valence-electron chi connectivity index (χ2n) is 6.82. The summed E-state index contributed by atoms with van der Waals surface area (Å²) in [6.45, 7) is -0.00656. The zero-order chi connectivity index (χ0) is 22.1. The van der Waals surface area contributed by atoms with Gasteiger partial charge in [-0.25, -0.2) is 18.0 Å². The number of hydrogen-bond acceptors (Lipinski definition) is 7. The summed E-state index contributed by atoms with van der Waals surface area (Å²) in [5, 5.41) is 13.6. The van der Waals surface area contributed by atoms with Gasteiger partial charge in [0.25, 0.3) is 5.91 Å². The van der Waals surface area contributed by atoms with Crippen LogP contribution in [0.2, 0.25) is 0 Å². The predicted octanol–water partition coefficient (Wildman–Crippen LogP) is 0.164. The molecule has 2 aliphatic rings. The van der Waals surface area contributed by atoms with Gasteiger partial charge < -0.3 is 19.9 Å². The molecular weight excluding hydrogens is 418 g/mol. The number of rotatable bonds is 6. The fourth-order valence-electron chi connectivity index (χ4n) is 3.53. The minimum Gasteiger partial charge on any atom is -0.493 e. The normalized spacial score (nSPS) is 19.0. The van der Waals surface area contributed by atoms with E-state index in [1.54, 1.807) is 0 Å². The van der Waals surface area contributed by atoms with E-state index in [-0.39, 0.29) is 42.3 Å². The number of urea groups is 1. The molecule has 0 unspecified atom stereocenters. The minimum absolute atomic E-state index is 0.00328. The number of imide groups is 1. The Morgan fingerprint density at radius 2 is 1.87 bits per heavy atom. The van der Waals surface area contributed by atoms with Gasteiger partial charge in [-0.1, -0.05) is 0 Å². The summed E-state index contributed by atoms with van der Waals surface area (Å²) in [5.74, 6) is -1.55. The first kappa shape index (κ1) is 21.6. The fraction of sp³-hybridized carbons (Fsp3) is 0.389. The number of carbonyl (C=O) groups is 3. The molecule has 2 aliphatic heterocycles. The van der Waals surface area contributed by atoms with Crippen molar-refractivity contribution in [1.82, 2.24) is 14.9 Å². The summed E-state index contributed by atoms with van der Waals surface area (Å²) >= 11 is 0. The Balaban J connectivity index is 1.95. The lowest BCUT2D eigenvalue weighted by Crippen LogP contribution is -2.55. The third kappa shape index (κ3) is 3.83. The summed E-state index contributed by atoms with van der Waals surface area (Å²) in [6, 6.07) is 2.16. The molecule has 3 N–H and O–H groups in total. The van der Waals surface area contributed by atoms with Crippen molar-refractivity contribution in [2.24, 2.45) is 0 Å². The van der Waals surface area contributed by atoms with Crippen molar-refractivity contribution < 1.29 is 37.4 Å². The number of hydrogen-bond donors (Lipinski definition) is 3. The molecule has 11 nitrogen and oxygen atoms in total. The Morgan fingerprint density at radius 1 is 1.20 bits per heavy atom. The maximum Gasteiger partial charge on any atom is 0.328 e. The van der Waals surface area contributed by atoms with Crippen molar-refractivity contribution in [2.45, 2.75) is 23.3 Å². The monoisotopic (exact) mass is 439 g/mol. The van der Waals surface area contributed by atoms with Crippen LogP contribution in [0, 0.1) is 0 Å². The highest BCUT2D eigenvalue weighted by Gasteiger charge is 2.49. The molecule has 2 heterocycles. The Morgan fingerprint density at radius 3 is 2.37 bits per heavy atom. The van der Waals surface area contributed by atoms with Gasteiger partial charge in [-0.2, -0.15) is 4.31 Å². The first-order valence-electron chi connectivity index (χ1n) is 8.94. The van der Waals surface area contributed by atoms with E-state index < -0.39 is 33.5 Å². The molecule has 2 saturated heterocycles. The number of nitrogens with zero attached hydrogens (tertiary/aromatic N) is 1. The van der Waals surface area contributed by atoms with E-state index >= 15 is 0 Å². The summed E-state index contributed by atoms with van der Waals surface area (Å²) in [7, 11) is -1.44. The molecule has 1 aromatic rings. The lowest BCUT2D eigenvalue weighted by atomic mass is 9.89. The maximum atomic E-state index is 13.3. The number of ether oxygens (including phenoxy) is 2. The zero-order valence-electron chi connectivity index (χ0n) is 16.3. The number of methoxy groups -OCH3 is 2. The fourth-order valence-corrected chi connectivity index (χ4v) is 5.18. The van der Waals surface area contributed by atoms with Crippen molar-refractivity contribution in [3.05, 3.63) is 23.8 Å². The van der Waals surface area contributed by atoms with Crippen LogP contribution in [0.15, 0.2) is 23.1 Å². The lowest BCUT2D eigenvalue weighted by molar-refractivity contribution is -0.131. The zero-order valence-corrected chi connectivity index (χ0v) is 17.1. The van der Waals surface area contributed by atoms with Gasteiger partial charge in [0.15, 0.2) is 11.5 Å². The van der Waals surface area contributed by atoms with Crippen molar-refractivity contribution in [1.29, 1.82) is 0 Å². The van der Waals surface area contributed by atoms with E-state index in [0.29, 0.717) is 5.56 Å². The standard InChI is InChI=1S/C18H21N3O8S/c1-28-12-9-11(3-4-14(22)23)10-13(15(12)29-2)30(26,27)21-7-5-18(6-8-21)16(24)19-17(25)20-18/h3-4,9-10H,5-8H2,1-2H3,(H,22,23)(H2,19,20,24,25)/b4-3+. The van der Waals surface area contributed by atoms with E-state index in [1.165, 1.54) is 36.7 Å². The molecule has 0 saturated carbocycles. The van der Waals surface area contributed by atoms with E-state index in [9.17, 15) is 22.8 Å². The van der Waals surface area contributed by atoms with Crippen LogP contribution < -0.4 is 20.1 Å². The molecule has 3 rings (SSSR count). The van der Waals surface area contributed by atoms with Crippen LogP contribution in [0.4, 0.5) is 4.79 Å². The maximum absolute atomic E-state index is 13.3. The van der Waals surface area contributed by atoms with Gasteiger partial charge in [0, 0.05) is 19.2 Å². The Labute approximate surface area is 172 Å². The van der Waals surface area contributed by atoms with Crippen molar-refractivity contribution in [3.8, 4) is 11.5 Å². The molecule has 12 heteroatoms. The van der Waals surface area contributed by atoms with Gasteiger partial charge in [-0.05, 0) is 36.6 Å². The first-order chi connectivity index (χ1) is 14.1. The number of aliphatic carboxylic acids is 1. The lowest BCUT2D eigenvalue weighted by Gasteiger charge is -2.36. The molecule has 0 atom stereocenters. The molecule has 0 radical (unpaired) electrons. The molecule has 1 spiro atoms. The molecule has 2 fully saturated rings. The summed E-state index contributed by atoms with van der Waals surface area (Å²) in [4.78, 5) is 34.2. The quantitative estimate of drug-likeness (QED) is 0.419. The number of carboxylic acids is 1. The minimum atomic E-state index is -4.07. The van der Waals surface area contributed by atoms with E-state index in [2.05, 4.69) is 10.6 Å². The number of nitrogens with one attached hydrogen (secondary N) is 2. The second-order valence-corrected chi connectivity index (χ2v) is 8.73. The van der Waals surface area contributed by atoms with Gasteiger partial charge in [0.2, 0.25) is 10.0 Å². The van der Waals surface area contributed by atoms with Crippen molar-refractivity contribution in [2.75, 3.05) is 27.3 Å². The highest BCUT2D eigenvalue weighted by molar-refractivity contribution is 7.89. The number of carbonyl (C=O) groups excluding carboxylic acids is 2. The Bertz CT molecular complexity index is 1030. The molecule has 3 amide bonds. The van der Waals surface area contributed by atoms with E-state index in [1.807, 2.05) is 0 Å². The molecule has 0 aromatic heterocycles. The van der Waals surface area contributed by atoms with Crippen LogP contribution in [0.25, 0.3) is 6.08 Å². The summed E-state index contributed by atoms with van der Waals surface area (Å²) in [6.07, 6.45) is 2.35. The molecular formula is C18H21N3O8S. The average Bonchev–Trinajstić information content (AvgIpc) is 2.98. The second kappa shape index (κ2) is 7.95. The molecule has 30 heavy (non-hydrogen) atoms. The molecule has 0 bridgehead atoms. The van der Waals surface area contributed by atoms with Gasteiger partial charge in [-0.3, -0.25) is 10.1 Å². The van der Waals surface area contributed by atoms with Gasteiger partial charge in [-0.15, -0.1) is 0 Å². The van der Waals surface area contributed by atoms with Crippen LogP contribution in [-0.4, -0.2) is 68.6 Å². The number of benzene rings is 1. The van der Waals surface area contributed by atoms with Crippen molar-refractivity contribution in [3.63, 3.8) is 0 Å². The smallest absolute Gasteiger partial charge is 0.328 e. The largest absolute Gasteiger partial charge is 0.493 e. The number of piperidine rings is 1. The van der Waals surface area contributed by atoms with Gasteiger partial charge in [0.05, 0.1) is 14.2 Å². The van der Waals surface area contributed by atoms with Crippen molar-refractivity contribution >= 4 is 34.0 Å². The highest BCUT2D eigenvalue weighted by Crippen LogP contribution is 2.39. The topological polar surface area (TPSA) is 151 Å². The van der Waals surface area contributed by atoms with Crippen LogP contribution in [0.5, 0.6) is 11.5 Å². The first-order valence-corrected chi connectivity index (χ1v) is 10.4. The Kier molecular flexibility index (Phi) is 5.72. The van der Waals surface area contributed by atoms with Crippen LogP contribution in [0.3, 0.4) is 0 Å². The summed E-state index contributed by atoms with van der Waals surface area (Å²) in [5.41, 5.74) is -0.818.